The predicted molar refractivity (Wildman–Crippen MR) is 163 cm³/mol. The first-order valence-corrected chi connectivity index (χ1v) is 17.5. The fourth-order valence-corrected chi connectivity index (χ4v) is 11.5. The molecule has 0 aliphatic carbocycles. The van der Waals surface area contributed by atoms with Crippen LogP contribution in [0, 0.1) is 9.49 Å². The second-order valence-corrected chi connectivity index (χ2v) is 17.2. The monoisotopic (exact) mass is 661 g/mol. The molecule has 4 atom stereocenters. The van der Waals surface area contributed by atoms with Crippen LogP contribution in [0.1, 0.15) is 24.5 Å². The Balaban J connectivity index is 1.60. The number of benzene rings is 3. The maximum atomic E-state index is 14.5. The summed E-state index contributed by atoms with van der Waals surface area (Å²) < 4.78 is 13.4. The molecular formula is C30H33ClINO4Si. The summed E-state index contributed by atoms with van der Waals surface area (Å²) in [6.45, 7) is 7.28. The van der Waals surface area contributed by atoms with Gasteiger partial charge in [0.2, 0.25) is 0 Å². The van der Waals surface area contributed by atoms with Gasteiger partial charge in [-0.1, -0.05) is 61.1 Å². The molecule has 8 heteroatoms. The standard InChI is InChI=1S/C30H33ClINO4Si/c1-19-28(38(3,4)24-11-9-23(36-2)10-12-24)27(14-15-34)37-30(19)25-17-21(31)8-13-26(25)33(29(30)35)18-20-6-5-7-22(32)16-20/h5-13,16-17,19,27-28,34H,14-15,18H2,1-4H3/t19-,27+,28-,30+/m0/s1. The Hall–Kier alpha value is -1.91. The zero-order valence-electron chi connectivity index (χ0n) is 22.1. The summed E-state index contributed by atoms with van der Waals surface area (Å²) in [5.41, 5.74) is 1.68. The van der Waals surface area contributed by atoms with Gasteiger partial charge in [-0.05, 0) is 82.6 Å². The number of fused-ring (bicyclic) bond motifs is 2. The third-order valence-corrected chi connectivity index (χ3v) is 13.7. The number of methoxy groups -OCH3 is 1. The van der Waals surface area contributed by atoms with Crippen molar-refractivity contribution < 1.29 is 19.4 Å². The molecule has 2 aliphatic rings. The van der Waals surface area contributed by atoms with Gasteiger partial charge in [0, 0.05) is 26.7 Å². The molecule has 1 saturated heterocycles. The van der Waals surface area contributed by atoms with Gasteiger partial charge < -0.3 is 19.5 Å². The Labute approximate surface area is 244 Å². The van der Waals surface area contributed by atoms with Crippen molar-refractivity contribution in [2.24, 2.45) is 5.92 Å². The van der Waals surface area contributed by atoms with Crippen molar-refractivity contribution in [2.45, 2.75) is 50.2 Å². The Morgan fingerprint density at radius 3 is 2.53 bits per heavy atom. The number of rotatable bonds is 7. The van der Waals surface area contributed by atoms with E-state index in [1.807, 2.05) is 53.4 Å². The quantitative estimate of drug-likeness (QED) is 0.246. The van der Waals surface area contributed by atoms with Crippen LogP contribution in [0.4, 0.5) is 5.69 Å². The number of amides is 1. The van der Waals surface area contributed by atoms with Gasteiger partial charge >= 0.3 is 0 Å². The summed E-state index contributed by atoms with van der Waals surface area (Å²) in [5.74, 6) is 0.651. The number of hydrogen-bond donors (Lipinski definition) is 1. The summed E-state index contributed by atoms with van der Waals surface area (Å²) >= 11 is 8.82. The number of halogens is 2. The fraction of sp³-hybridized carbons (Fsp3) is 0.367. The van der Waals surface area contributed by atoms with Crippen LogP contribution in [0.25, 0.3) is 0 Å². The second-order valence-electron chi connectivity index (χ2n) is 10.9. The molecule has 1 spiro atoms. The van der Waals surface area contributed by atoms with Crippen molar-refractivity contribution >= 4 is 59.0 Å². The molecule has 3 aromatic carbocycles. The molecule has 5 rings (SSSR count). The van der Waals surface area contributed by atoms with E-state index < -0.39 is 13.7 Å². The molecule has 0 unspecified atom stereocenters. The lowest BCUT2D eigenvalue weighted by Crippen LogP contribution is -2.51. The van der Waals surface area contributed by atoms with Crippen molar-refractivity contribution in [2.75, 3.05) is 18.6 Å². The Morgan fingerprint density at radius 2 is 1.87 bits per heavy atom. The van der Waals surface area contributed by atoms with E-state index in [1.54, 1.807) is 7.11 Å². The van der Waals surface area contributed by atoms with E-state index in [9.17, 15) is 9.90 Å². The third kappa shape index (κ3) is 4.50. The van der Waals surface area contributed by atoms with Crippen LogP contribution in [0.3, 0.4) is 0 Å². The van der Waals surface area contributed by atoms with Gasteiger partial charge in [-0.25, -0.2) is 0 Å². The molecule has 3 aromatic rings. The molecule has 0 radical (unpaired) electrons. The van der Waals surface area contributed by atoms with E-state index in [4.69, 9.17) is 21.1 Å². The molecule has 0 bridgehead atoms. The number of carbonyl (C=O) groups excluding carboxylic acids is 1. The third-order valence-electron chi connectivity index (χ3n) is 8.44. The minimum absolute atomic E-state index is 0.000179. The van der Waals surface area contributed by atoms with Crippen LogP contribution in [0.2, 0.25) is 23.7 Å². The van der Waals surface area contributed by atoms with E-state index in [-0.39, 0.29) is 30.1 Å². The lowest BCUT2D eigenvalue weighted by atomic mass is 9.82. The molecule has 2 heterocycles. The first kappa shape index (κ1) is 27.6. The summed E-state index contributed by atoms with van der Waals surface area (Å²) in [6.07, 6.45) is 0.218. The highest BCUT2D eigenvalue weighted by Crippen LogP contribution is 2.60. The zero-order chi connectivity index (χ0) is 27.2. The number of aliphatic hydroxyl groups excluding tert-OH is 1. The number of nitrogens with zero attached hydrogens (tertiary/aromatic N) is 1. The molecule has 2 aliphatic heterocycles. The lowest BCUT2D eigenvalue weighted by molar-refractivity contribution is -0.146. The van der Waals surface area contributed by atoms with E-state index in [1.165, 1.54) is 5.19 Å². The molecule has 0 aromatic heterocycles. The number of anilines is 1. The van der Waals surface area contributed by atoms with Gasteiger partial charge in [0.25, 0.3) is 5.91 Å². The summed E-state index contributed by atoms with van der Waals surface area (Å²) in [7, 11) is -0.535. The van der Waals surface area contributed by atoms with Crippen LogP contribution >= 0.6 is 34.2 Å². The van der Waals surface area contributed by atoms with E-state index in [2.05, 4.69) is 60.8 Å². The van der Waals surface area contributed by atoms with Gasteiger partial charge in [0.05, 0.1) is 33.5 Å². The number of ether oxygens (including phenoxy) is 2. The van der Waals surface area contributed by atoms with Crippen LogP contribution in [-0.2, 0) is 21.7 Å². The number of hydrogen-bond acceptors (Lipinski definition) is 4. The average molecular weight is 662 g/mol. The first-order valence-electron chi connectivity index (χ1n) is 12.9. The van der Waals surface area contributed by atoms with Crippen molar-refractivity contribution in [3.8, 4) is 5.75 Å². The Bertz CT molecular complexity index is 1350. The molecule has 1 fully saturated rings. The van der Waals surface area contributed by atoms with Gasteiger partial charge in [-0.15, -0.1) is 0 Å². The van der Waals surface area contributed by atoms with E-state index >= 15 is 0 Å². The van der Waals surface area contributed by atoms with Crippen LogP contribution in [0.5, 0.6) is 5.75 Å². The molecule has 0 saturated carbocycles. The van der Waals surface area contributed by atoms with Gasteiger partial charge in [-0.2, -0.15) is 0 Å². The van der Waals surface area contributed by atoms with Crippen LogP contribution < -0.4 is 14.8 Å². The second kappa shape index (κ2) is 10.6. The molecule has 200 valence electrons. The highest BCUT2D eigenvalue weighted by atomic mass is 127. The smallest absolute Gasteiger partial charge is 0.264 e. The zero-order valence-corrected chi connectivity index (χ0v) is 26.0. The number of carbonyl (C=O) groups is 1. The topological polar surface area (TPSA) is 59.0 Å². The van der Waals surface area contributed by atoms with Crippen molar-refractivity contribution in [3.63, 3.8) is 0 Å². The van der Waals surface area contributed by atoms with E-state index in [0.29, 0.717) is 18.0 Å². The molecule has 1 amide bonds. The highest BCUT2D eigenvalue weighted by Gasteiger charge is 2.66. The molecule has 5 nitrogen and oxygen atoms in total. The summed E-state index contributed by atoms with van der Waals surface area (Å²) in [4.78, 5) is 16.4. The Kier molecular flexibility index (Phi) is 7.69. The maximum Gasteiger partial charge on any atom is 0.264 e. The molecule has 1 N–H and O–H groups in total. The normalized spacial score (nSPS) is 24.8. The van der Waals surface area contributed by atoms with Gasteiger partial charge in [0.1, 0.15) is 5.75 Å². The Morgan fingerprint density at radius 1 is 1.13 bits per heavy atom. The average Bonchev–Trinajstić information content (AvgIpc) is 3.31. The van der Waals surface area contributed by atoms with E-state index in [0.717, 1.165) is 26.1 Å². The van der Waals surface area contributed by atoms with Crippen LogP contribution in [-0.4, -0.2) is 38.9 Å². The molecule has 38 heavy (non-hydrogen) atoms. The van der Waals surface area contributed by atoms with Crippen molar-refractivity contribution in [3.05, 3.63) is 86.4 Å². The van der Waals surface area contributed by atoms with Gasteiger partial charge in [0.15, 0.2) is 5.60 Å². The lowest BCUT2D eigenvalue weighted by Gasteiger charge is -2.37. The SMILES string of the molecule is COc1ccc([Si](C)(C)[C@@H]2[C@@H](CCO)O[C@]3(C(=O)N(Cc4cccc(I)c4)c4ccc(Cl)cc43)[C@H]2C)cc1. The van der Waals surface area contributed by atoms with Crippen LogP contribution in [0.15, 0.2) is 66.7 Å². The first-order chi connectivity index (χ1) is 18.1. The molecular weight excluding hydrogens is 629 g/mol. The van der Waals surface area contributed by atoms with Crippen molar-refractivity contribution in [1.82, 2.24) is 0 Å². The van der Waals surface area contributed by atoms with Gasteiger partial charge in [-0.3, -0.25) is 4.79 Å². The predicted octanol–water partition coefficient (Wildman–Crippen LogP) is 6.10. The minimum atomic E-state index is -2.20. The fourth-order valence-electron chi connectivity index (χ4n) is 6.66. The largest absolute Gasteiger partial charge is 0.497 e. The summed E-state index contributed by atoms with van der Waals surface area (Å²) in [5, 5.41) is 11.9. The maximum absolute atomic E-state index is 14.5. The highest BCUT2D eigenvalue weighted by molar-refractivity contribution is 14.1. The minimum Gasteiger partial charge on any atom is -0.497 e. The number of aliphatic hydroxyl groups is 1. The van der Waals surface area contributed by atoms with Crippen molar-refractivity contribution in [1.29, 1.82) is 0 Å². The summed E-state index contributed by atoms with van der Waals surface area (Å²) in [6, 6.07) is 22.2.